The van der Waals surface area contributed by atoms with Crippen LogP contribution in [0.25, 0.3) is 5.76 Å². The number of Topliss-reactive ketones (excluding diaryl/α,β-unsaturated/α-hetero) is 1. The molecule has 7 heteroatoms. The van der Waals surface area contributed by atoms with Gasteiger partial charge in [-0.05, 0) is 31.0 Å². The number of carbonyl (C=O) groups is 2. The van der Waals surface area contributed by atoms with Gasteiger partial charge < -0.3 is 10.0 Å². The maximum Gasteiger partial charge on any atom is 0.295 e. The Morgan fingerprint density at radius 2 is 1.68 bits per heavy atom. The normalized spacial score (nSPS) is 17.9. The van der Waals surface area contributed by atoms with Crippen molar-refractivity contribution in [2.24, 2.45) is 0 Å². The van der Waals surface area contributed by atoms with Crippen LogP contribution in [0.3, 0.4) is 0 Å². The van der Waals surface area contributed by atoms with Crippen molar-refractivity contribution in [3.05, 3.63) is 80.9 Å². The van der Waals surface area contributed by atoms with Crippen molar-refractivity contribution in [1.82, 2.24) is 4.90 Å². The highest BCUT2D eigenvalue weighted by molar-refractivity contribution is 6.46. The summed E-state index contributed by atoms with van der Waals surface area (Å²) < 4.78 is 0. The third-order valence-electron chi connectivity index (χ3n) is 5.54. The first-order chi connectivity index (χ1) is 14.8. The Hall–Kier alpha value is -3.48. The highest BCUT2D eigenvalue weighted by Gasteiger charge is 2.45. The zero-order valence-corrected chi connectivity index (χ0v) is 17.7. The molecular weight excluding hydrogens is 396 g/mol. The van der Waals surface area contributed by atoms with Gasteiger partial charge in [0.05, 0.1) is 16.5 Å². The summed E-state index contributed by atoms with van der Waals surface area (Å²) in [6, 6.07) is 12.0. The maximum absolute atomic E-state index is 12.9. The molecule has 0 unspecified atom stereocenters. The smallest absolute Gasteiger partial charge is 0.295 e. The summed E-state index contributed by atoms with van der Waals surface area (Å²) in [6.45, 7) is 4.37. The molecule has 1 aliphatic rings. The molecule has 3 rings (SSSR count). The Morgan fingerprint density at radius 3 is 2.26 bits per heavy atom. The second-order valence-corrected chi connectivity index (χ2v) is 7.77. The number of benzene rings is 2. The molecule has 162 valence electrons. The fourth-order valence-corrected chi connectivity index (χ4v) is 3.81. The molecule has 0 spiro atoms. The molecule has 31 heavy (non-hydrogen) atoms. The van der Waals surface area contributed by atoms with Gasteiger partial charge >= 0.3 is 0 Å². The van der Waals surface area contributed by atoms with Crippen molar-refractivity contribution in [1.29, 1.82) is 0 Å². The lowest BCUT2D eigenvalue weighted by atomic mass is 9.95. The molecule has 0 saturated carbocycles. The summed E-state index contributed by atoms with van der Waals surface area (Å²) in [4.78, 5) is 37.8. The lowest BCUT2D eigenvalue weighted by Crippen LogP contribution is -2.30. The van der Waals surface area contributed by atoms with Crippen LogP contribution in [0.1, 0.15) is 55.3 Å². The van der Waals surface area contributed by atoms with Gasteiger partial charge in [0.25, 0.3) is 17.4 Å². The second kappa shape index (κ2) is 9.55. The highest BCUT2D eigenvalue weighted by atomic mass is 16.6. The first-order valence-electron chi connectivity index (χ1n) is 10.4. The number of nitrogens with zero attached hydrogens (tertiary/aromatic N) is 2. The van der Waals surface area contributed by atoms with Gasteiger partial charge in [-0.25, -0.2) is 0 Å². The Morgan fingerprint density at radius 1 is 1.03 bits per heavy atom. The van der Waals surface area contributed by atoms with Gasteiger partial charge in [-0.2, -0.15) is 0 Å². The van der Waals surface area contributed by atoms with E-state index in [1.807, 2.05) is 19.1 Å². The van der Waals surface area contributed by atoms with Crippen LogP contribution in [0.4, 0.5) is 5.69 Å². The molecule has 0 bridgehead atoms. The second-order valence-electron chi connectivity index (χ2n) is 7.77. The quantitative estimate of drug-likeness (QED) is 0.163. The van der Waals surface area contributed by atoms with Gasteiger partial charge in [0.15, 0.2) is 0 Å². The molecule has 1 saturated heterocycles. The van der Waals surface area contributed by atoms with Crippen molar-refractivity contribution in [2.45, 2.75) is 45.6 Å². The number of amides is 1. The van der Waals surface area contributed by atoms with Gasteiger partial charge in [-0.1, -0.05) is 56.0 Å². The molecule has 1 fully saturated rings. The molecule has 1 amide bonds. The topological polar surface area (TPSA) is 101 Å². The summed E-state index contributed by atoms with van der Waals surface area (Å²) >= 11 is 0. The molecule has 1 aliphatic heterocycles. The number of ketones is 1. The minimum absolute atomic E-state index is 0.0122. The summed E-state index contributed by atoms with van der Waals surface area (Å²) in [6.07, 6.45) is 3.72. The summed E-state index contributed by atoms with van der Waals surface area (Å²) in [5.74, 6) is -1.64. The largest absolute Gasteiger partial charge is 0.507 e. The van der Waals surface area contributed by atoms with Crippen molar-refractivity contribution in [3.63, 3.8) is 0 Å². The minimum Gasteiger partial charge on any atom is -0.507 e. The van der Waals surface area contributed by atoms with Crippen LogP contribution in [0.5, 0.6) is 0 Å². The first-order valence-corrected chi connectivity index (χ1v) is 10.4. The van der Waals surface area contributed by atoms with Crippen molar-refractivity contribution >= 4 is 23.1 Å². The zero-order chi connectivity index (χ0) is 22.5. The number of aryl methyl sites for hydroxylation is 1. The summed E-state index contributed by atoms with van der Waals surface area (Å²) in [7, 11) is 0. The fourth-order valence-electron chi connectivity index (χ4n) is 3.81. The minimum atomic E-state index is -0.788. The van der Waals surface area contributed by atoms with Crippen LogP contribution < -0.4 is 0 Å². The van der Waals surface area contributed by atoms with Crippen LogP contribution >= 0.6 is 0 Å². The van der Waals surface area contributed by atoms with Gasteiger partial charge in [-0.15, -0.1) is 0 Å². The average molecular weight is 422 g/mol. The summed E-state index contributed by atoms with van der Waals surface area (Å²) in [5, 5.41) is 22.0. The molecule has 0 radical (unpaired) electrons. The van der Waals surface area contributed by atoms with E-state index in [0.717, 1.165) is 31.2 Å². The van der Waals surface area contributed by atoms with E-state index in [1.54, 1.807) is 12.1 Å². The van der Waals surface area contributed by atoms with E-state index in [9.17, 15) is 24.8 Å². The predicted molar refractivity (Wildman–Crippen MR) is 117 cm³/mol. The SMILES string of the molecule is CCCCCCN1C(=O)C(=O)/C(=C(/O)c2ccc(C)cc2)[C@@H]1c1ccc([N+](=O)[O-])cc1. The Balaban J connectivity index is 2.07. The molecule has 2 aromatic carbocycles. The molecule has 1 atom stereocenters. The number of rotatable bonds is 8. The summed E-state index contributed by atoms with van der Waals surface area (Å²) in [5.41, 5.74) is 1.93. The number of aliphatic hydroxyl groups is 1. The van der Waals surface area contributed by atoms with Crippen molar-refractivity contribution in [2.75, 3.05) is 6.54 Å². The molecule has 2 aromatic rings. The van der Waals surface area contributed by atoms with E-state index in [1.165, 1.54) is 29.2 Å². The first kappa shape index (κ1) is 22.2. The number of unbranched alkanes of at least 4 members (excludes halogenated alkanes) is 3. The van der Waals surface area contributed by atoms with Crippen LogP contribution in [0.2, 0.25) is 0 Å². The maximum atomic E-state index is 12.9. The van der Waals surface area contributed by atoms with Gasteiger partial charge in [0.2, 0.25) is 0 Å². The molecule has 0 aliphatic carbocycles. The third kappa shape index (κ3) is 4.66. The van der Waals surface area contributed by atoms with E-state index in [2.05, 4.69) is 6.92 Å². The van der Waals surface area contributed by atoms with Crippen molar-refractivity contribution < 1.29 is 19.6 Å². The van der Waals surface area contributed by atoms with E-state index in [4.69, 9.17) is 0 Å². The van der Waals surface area contributed by atoms with E-state index in [0.29, 0.717) is 17.7 Å². The highest BCUT2D eigenvalue weighted by Crippen LogP contribution is 2.40. The molecule has 1 N–H and O–H groups in total. The number of likely N-dealkylation sites (tertiary alicyclic amines) is 1. The van der Waals surface area contributed by atoms with E-state index < -0.39 is 22.7 Å². The molecule has 1 heterocycles. The van der Waals surface area contributed by atoms with Gasteiger partial charge in [0.1, 0.15) is 5.76 Å². The Bertz CT molecular complexity index is 1010. The van der Waals surface area contributed by atoms with Crippen LogP contribution in [-0.4, -0.2) is 33.2 Å². The number of hydrogen-bond donors (Lipinski definition) is 1. The lowest BCUT2D eigenvalue weighted by Gasteiger charge is -2.25. The Kier molecular flexibility index (Phi) is 6.84. The standard InChI is InChI=1S/C24H26N2O5/c1-3-4-5-6-15-25-21(17-11-13-19(14-12-17)26(30)31)20(23(28)24(25)29)22(27)18-9-7-16(2)8-10-18/h7-14,21,27H,3-6,15H2,1-2H3/b22-20+/t21-/m0/s1. The predicted octanol–water partition coefficient (Wildman–Crippen LogP) is 4.91. The van der Waals surface area contributed by atoms with Crippen molar-refractivity contribution in [3.8, 4) is 0 Å². The number of nitro groups is 1. The lowest BCUT2D eigenvalue weighted by molar-refractivity contribution is -0.384. The van der Waals surface area contributed by atoms with E-state index in [-0.39, 0.29) is 17.0 Å². The Labute approximate surface area is 181 Å². The van der Waals surface area contributed by atoms with Gasteiger partial charge in [0, 0.05) is 24.2 Å². The fraction of sp³-hybridized carbons (Fsp3) is 0.333. The van der Waals surface area contributed by atoms with Crippen LogP contribution in [0.15, 0.2) is 54.1 Å². The number of non-ortho nitro benzene ring substituents is 1. The van der Waals surface area contributed by atoms with E-state index >= 15 is 0 Å². The third-order valence-corrected chi connectivity index (χ3v) is 5.54. The molecule has 0 aromatic heterocycles. The number of hydrogen-bond acceptors (Lipinski definition) is 5. The molecule has 7 nitrogen and oxygen atoms in total. The number of nitro benzene ring substituents is 1. The molecular formula is C24H26N2O5. The number of carbonyl (C=O) groups excluding carboxylic acids is 2. The average Bonchev–Trinajstić information content (AvgIpc) is 3.01. The van der Waals surface area contributed by atoms with Crippen LogP contribution in [-0.2, 0) is 9.59 Å². The number of aliphatic hydroxyl groups excluding tert-OH is 1. The zero-order valence-electron chi connectivity index (χ0n) is 17.7. The monoisotopic (exact) mass is 422 g/mol. The van der Waals surface area contributed by atoms with Crippen LogP contribution in [0, 0.1) is 17.0 Å². The van der Waals surface area contributed by atoms with Gasteiger partial charge in [-0.3, -0.25) is 19.7 Å².